The van der Waals surface area contributed by atoms with E-state index in [0.29, 0.717) is 0 Å². The van der Waals surface area contributed by atoms with E-state index >= 15 is 0 Å². The van der Waals surface area contributed by atoms with Crippen molar-refractivity contribution in [1.82, 2.24) is 10.6 Å². The molecule has 0 spiro atoms. The number of aliphatic imine (C=N–C) groups is 1. The van der Waals surface area contributed by atoms with E-state index in [1.807, 2.05) is 6.92 Å². The van der Waals surface area contributed by atoms with E-state index in [9.17, 15) is 0 Å². The first kappa shape index (κ1) is 20.9. The molecule has 21 heavy (non-hydrogen) atoms. The molecule has 0 aromatic carbocycles. The molecular formula is C15H32IN3O2. The van der Waals surface area contributed by atoms with Crippen LogP contribution >= 0.6 is 24.0 Å². The summed E-state index contributed by atoms with van der Waals surface area (Å²) >= 11 is 0. The molecule has 1 fully saturated rings. The van der Waals surface area contributed by atoms with Gasteiger partial charge in [0.05, 0.1) is 12.1 Å². The lowest BCUT2D eigenvalue weighted by Crippen LogP contribution is -2.39. The summed E-state index contributed by atoms with van der Waals surface area (Å²) in [7, 11) is 0. The number of unbranched alkanes of at least 4 members (excludes halogenated alkanes) is 1. The average Bonchev–Trinajstić information content (AvgIpc) is 2.87. The first-order valence-electron chi connectivity index (χ1n) is 7.94. The SMILES string of the molecule is CCNC(=NCC1(C)CCCO1)NCCCCOCC.I. The molecule has 2 N–H and O–H groups in total. The molecule has 0 bridgehead atoms. The van der Waals surface area contributed by atoms with Gasteiger partial charge in [0.1, 0.15) is 0 Å². The van der Waals surface area contributed by atoms with Crippen LogP contribution in [-0.4, -0.2) is 51.0 Å². The molecule has 0 aromatic rings. The summed E-state index contributed by atoms with van der Waals surface area (Å²) in [6.45, 7) is 11.3. The Hall–Kier alpha value is -0.0800. The Labute approximate surface area is 146 Å². The third kappa shape index (κ3) is 9.52. The summed E-state index contributed by atoms with van der Waals surface area (Å²) in [5.41, 5.74) is -0.0721. The molecule has 0 saturated carbocycles. The summed E-state index contributed by atoms with van der Waals surface area (Å²) in [6.07, 6.45) is 4.43. The van der Waals surface area contributed by atoms with Gasteiger partial charge in [-0.1, -0.05) is 0 Å². The highest BCUT2D eigenvalue weighted by atomic mass is 127. The lowest BCUT2D eigenvalue weighted by Gasteiger charge is -2.21. The number of hydrogen-bond donors (Lipinski definition) is 2. The van der Waals surface area contributed by atoms with Crippen LogP contribution in [0.4, 0.5) is 0 Å². The molecule has 1 heterocycles. The molecule has 1 saturated heterocycles. The molecule has 1 atom stereocenters. The predicted octanol–water partition coefficient (Wildman–Crippen LogP) is 2.55. The van der Waals surface area contributed by atoms with E-state index in [4.69, 9.17) is 9.47 Å². The summed E-state index contributed by atoms with van der Waals surface area (Å²) in [6, 6.07) is 0. The van der Waals surface area contributed by atoms with Crippen LogP contribution in [0.25, 0.3) is 0 Å². The second-order valence-corrected chi connectivity index (χ2v) is 5.43. The monoisotopic (exact) mass is 413 g/mol. The quantitative estimate of drug-likeness (QED) is 0.264. The largest absolute Gasteiger partial charge is 0.382 e. The molecule has 1 rings (SSSR count). The highest BCUT2D eigenvalue weighted by molar-refractivity contribution is 14.0. The zero-order chi connectivity index (χ0) is 14.7. The molecule has 1 unspecified atom stereocenters. The van der Waals surface area contributed by atoms with E-state index in [1.165, 1.54) is 0 Å². The van der Waals surface area contributed by atoms with Gasteiger partial charge in [-0.15, -0.1) is 24.0 Å². The smallest absolute Gasteiger partial charge is 0.191 e. The van der Waals surface area contributed by atoms with Crippen molar-refractivity contribution in [2.24, 2.45) is 4.99 Å². The fourth-order valence-corrected chi connectivity index (χ4v) is 2.23. The van der Waals surface area contributed by atoms with Crippen LogP contribution in [0.1, 0.15) is 46.5 Å². The number of hydrogen-bond acceptors (Lipinski definition) is 3. The van der Waals surface area contributed by atoms with E-state index in [0.717, 1.165) is 71.1 Å². The standard InChI is InChI=1S/C15H31N3O2.HI/c1-4-16-14(17-10-6-7-11-19-5-2)18-13-15(3)9-8-12-20-15;/h4-13H2,1-3H3,(H2,16,17,18);1H. The summed E-state index contributed by atoms with van der Waals surface area (Å²) in [5, 5.41) is 6.64. The van der Waals surface area contributed by atoms with Crippen molar-refractivity contribution >= 4 is 29.9 Å². The minimum absolute atomic E-state index is 0. The maximum Gasteiger partial charge on any atom is 0.191 e. The molecule has 1 aliphatic rings. The van der Waals surface area contributed by atoms with Crippen LogP contribution in [0.15, 0.2) is 4.99 Å². The first-order chi connectivity index (χ1) is 9.70. The Bertz CT molecular complexity index is 282. The molecule has 0 aliphatic carbocycles. The van der Waals surface area contributed by atoms with Crippen LogP contribution in [0.3, 0.4) is 0 Å². The zero-order valence-corrected chi connectivity index (χ0v) is 16.1. The molecule has 1 aliphatic heterocycles. The Morgan fingerprint density at radius 3 is 2.71 bits per heavy atom. The number of nitrogens with one attached hydrogen (secondary N) is 2. The van der Waals surface area contributed by atoms with Crippen molar-refractivity contribution in [2.75, 3.05) is 39.5 Å². The fraction of sp³-hybridized carbons (Fsp3) is 0.933. The fourth-order valence-electron chi connectivity index (χ4n) is 2.23. The first-order valence-corrected chi connectivity index (χ1v) is 7.94. The van der Waals surface area contributed by atoms with Gasteiger partial charge in [-0.05, 0) is 46.5 Å². The maximum absolute atomic E-state index is 5.76. The Kier molecular flexibility index (Phi) is 12.4. The second kappa shape index (κ2) is 12.5. The van der Waals surface area contributed by atoms with Gasteiger partial charge in [0.15, 0.2) is 5.96 Å². The maximum atomic E-state index is 5.76. The van der Waals surface area contributed by atoms with E-state index in [1.54, 1.807) is 0 Å². The highest BCUT2D eigenvalue weighted by Crippen LogP contribution is 2.24. The normalized spacial score (nSPS) is 22.0. The average molecular weight is 413 g/mol. The molecule has 5 nitrogen and oxygen atoms in total. The molecular weight excluding hydrogens is 381 g/mol. The third-order valence-electron chi connectivity index (χ3n) is 3.43. The van der Waals surface area contributed by atoms with Crippen molar-refractivity contribution in [1.29, 1.82) is 0 Å². The number of ether oxygens (including phenoxy) is 2. The topological polar surface area (TPSA) is 54.9 Å². The molecule has 6 heteroatoms. The third-order valence-corrected chi connectivity index (χ3v) is 3.43. The second-order valence-electron chi connectivity index (χ2n) is 5.43. The van der Waals surface area contributed by atoms with Gasteiger partial charge >= 0.3 is 0 Å². The van der Waals surface area contributed by atoms with Crippen LogP contribution in [0, 0.1) is 0 Å². The van der Waals surface area contributed by atoms with Gasteiger partial charge in [-0.3, -0.25) is 4.99 Å². The molecule has 0 amide bonds. The van der Waals surface area contributed by atoms with Crippen LogP contribution in [0.2, 0.25) is 0 Å². The molecule has 126 valence electrons. The lowest BCUT2D eigenvalue weighted by molar-refractivity contribution is 0.0283. The van der Waals surface area contributed by atoms with Gasteiger partial charge in [-0.25, -0.2) is 0 Å². The van der Waals surface area contributed by atoms with Crippen molar-refractivity contribution in [3.63, 3.8) is 0 Å². The Morgan fingerprint density at radius 2 is 2.10 bits per heavy atom. The minimum Gasteiger partial charge on any atom is -0.382 e. The van der Waals surface area contributed by atoms with Crippen molar-refractivity contribution in [3.05, 3.63) is 0 Å². The van der Waals surface area contributed by atoms with Gasteiger partial charge in [0.2, 0.25) is 0 Å². The summed E-state index contributed by atoms with van der Waals surface area (Å²) in [5.74, 6) is 0.889. The predicted molar refractivity (Wildman–Crippen MR) is 98.7 cm³/mol. The number of halogens is 1. The van der Waals surface area contributed by atoms with Gasteiger partial charge in [0, 0.05) is 32.9 Å². The Balaban J connectivity index is 0.00000400. The number of guanidine groups is 1. The highest BCUT2D eigenvalue weighted by Gasteiger charge is 2.29. The minimum atomic E-state index is -0.0721. The van der Waals surface area contributed by atoms with Crippen molar-refractivity contribution in [3.8, 4) is 0 Å². The van der Waals surface area contributed by atoms with Gasteiger partial charge in [-0.2, -0.15) is 0 Å². The molecule has 0 aromatic heterocycles. The van der Waals surface area contributed by atoms with Crippen LogP contribution in [-0.2, 0) is 9.47 Å². The van der Waals surface area contributed by atoms with E-state index in [-0.39, 0.29) is 29.6 Å². The van der Waals surface area contributed by atoms with Crippen molar-refractivity contribution in [2.45, 2.75) is 52.1 Å². The zero-order valence-electron chi connectivity index (χ0n) is 13.7. The van der Waals surface area contributed by atoms with E-state index < -0.39 is 0 Å². The summed E-state index contributed by atoms with van der Waals surface area (Å²) < 4.78 is 11.1. The van der Waals surface area contributed by atoms with E-state index in [2.05, 4.69) is 29.5 Å². The molecule has 0 radical (unpaired) electrons. The summed E-state index contributed by atoms with van der Waals surface area (Å²) in [4.78, 5) is 4.64. The van der Waals surface area contributed by atoms with Gasteiger partial charge in [0.25, 0.3) is 0 Å². The Morgan fingerprint density at radius 1 is 1.29 bits per heavy atom. The number of nitrogens with zero attached hydrogens (tertiary/aromatic N) is 1. The van der Waals surface area contributed by atoms with Crippen LogP contribution < -0.4 is 10.6 Å². The number of rotatable bonds is 9. The van der Waals surface area contributed by atoms with Crippen molar-refractivity contribution < 1.29 is 9.47 Å². The van der Waals surface area contributed by atoms with Crippen LogP contribution in [0.5, 0.6) is 0 Å². The lowest BCUT2D eigenvalue weighted by atomic mass is 10.0. The van der Waals surface area contributed by atoms with Gasteiger partial charge < -0.3 is 20.1 Å².